The number of nitrogens with zero attached hydrogens (tertiary/aromatic N) is 2. The van der Waals surface area contributed by atoms with Crippen LogP contribution < -0.4 is 9.64 Å². The molecule has 0 fully saturated rings. The molecular formula is C22H25FN2O2. The van der Waals surface area contributed by atoms with Crippen LogP contribution >= 0.6 is 0 Å². The van der Waals surface area contributed by atoms with Crippen LogP contribution in [0.2, 0.25) is 0 Å². The van der Waals surface area contributed by atoms with Crippen molar-refractivity contribution >= 4 is 16.6 Å². The molecule has 0 bridgehead atoms. The molecule has 0 spiro atoms. The third kappa shape index (κ3) is 4.19. The van der Waals surface area contributed by atoms with Gasteiger partial charge in [0.25, 0.3) is 0 Å². The van der Waals surface area contributed by atoms with Crippen molar-refractivity contribution in [2.45, 2.75) is 20.0 Å². The number of halogens is 1. The summed E-state index contributed by atoms with van der Waals surface area (Å²) in [5.74, 6) is 0.473. The van der Waals surface area contributed by atoms with Gasteiger partial charge in [0.1, 0.15) is 24.2 Å². The van der Waals surface area contributed by atoms with Crippen molar-refractivity contribution in [3.8, 4) is 17.0 Å². The maximum Gasteiger partial charge on any atom is 0.150 e. The highest BCUT2D eigenvalue weighted by Gasteiger charge is 2.16. The zero-order chi connectivity index (χ0) is 19.2. The molecule has 1 heterocycles. The lowest BCUT2D eigenvalue weighted by molar-refractivity contribution is 0.0935. The molecule has 0 radical (unpaired) electrons. The first-order valence-electron chi connectivity index (χ1n) is 9.28. The molecule has 3 aromatic rings. The number of aromatic nitrogens is 1. The van der Waals surface area contributed by atoms with Gasteiger partial charge in [-0.3, -0.25) is 0 Å². The fourth-order valence-corrected chi connectivity index (χ4v) is 3.11. The van der Waals surface area contributed by atoms with Crippen molar-refractivity contribution in [2.24, 2.45) is 0 Å². The summed E-state index contributed by atoms with van der Waals surface area (Å²) in [6.45, 7) is 4.98. The van der Waals surface area contributed by atoms with Crippen LogP contribution in [0.25, 0.3) is 22.2 Å². The standard InChI is InChI=1S/C22H25FN2O2/c1-3-25(4-2)18-11-9-16(10-12-18)22-21(27-19(14-23)15-26)13-17-7-5-6-8-20(17)24-22/h5-13,19,26H,3-4,14-15H2,1-2H3. The minimum atomic E-state index is -0.901. The molecule has 1 atom stereocenters. The van der Waals surface area contributed by atoms with Gasteiger partial charge in [0.15, 0.2) is 0 Å². The Bertz CT molecular complexity index is 875. The summed E-state index contributed by atoms with van der Waals surface area (Å²) in [7, 11) is 0. The number of alkyl halides is 1. The first kappa shape index (κ1) is 19.1. The summed E-state index contributed by atoms with van der Waals surface area (Å²) in [6, 6.07) is 17.7. The smallest absolute Gasteiger partial charge is 0.150 e. The van der Waals surface area contributed by atoms with E-state index >= 15 is 0 Å². The summed E-state index contributed by atoms with van der Waals surface area (Å²) in [5, 5.41) is 10.2. The van der Waals surface area contributed by atoms with E-state index in [1.165, 1.54) is 0 Å². The van der Waals surface area contributed by atoms with Crippen LogP contribution in [0.5, 0.6) is 5.75 Å². The van der Waals surface area contributed by atoms with Crippen molar-refractivity contribution in [3.05, 3.63) is 54.6 Å². The average molecular weight is 368 g/mol. The number of para-hydroxylation sites is 1. The zero-order valence-corrected chi connectivity index (χ0v) is 15.7. The molecule has 0 saturated carbocycles. The van der Waals surface area contributed by atoms with Crippen LogP contribution in [0, 0.1) is 0 Å². The van der Waals surface area contributed by atoms with Gasteiger partial charge in [-0.15, -0.1) is 0 Å². The Balaban J connectivity index is 2.05. The molecule has 27 heavy (non-hydrogen) atoms. The maximum absolute atomic E-state index is 13.1. The number of pyridine rings is 1. The van der Waals surface area contributed by atoms with E-state index in [0.29, 0.717) is 11.4 Å². The predicted molar refractivity (Wildman–Crippen MR) is 108 cm³/mol. The minimum Gasteiger partial charge on any atom is -0.483 e. The number of benzene rings is 2. The molecule has 1 unspecified atom stereocenters. The minimum absolute atomic E-state index is 0.385. The maximum atomic E-state index is 13.1. The van der Waals surface area contributed by atoms with Crippen molar-refractivity contribution in [1.29, 1.82) is 0 Å². The molecule has 0 aliphatic carbocycles. The second-order valence-corrected chi connectivity index (χ2v) is 6.32. The van der Waals surface area contributed by atoms with Crippen LogP contribution in [0.3, 0.4) is 0 Å². The number of hydrogen-bond donors (Lipinski definition) is 1. The third-order valence-corrected chi connectivity index (χ3v) is 4.63. The molecular weight excluding hydrogens is 343 g/mol. The monoisotopic (exact) mass is 368 g/mol. The van der Waals surface area contributed by atoms with Gasteiger partial charge in [-0.1, -0.05) is 30.3 Å². The summed E-state index contributed by atoms with van der Waals surface area (Å²) < 4.78 is 18.8. The topological polar surface area (TPSA) is 45.6 Å². The third-order valence-electron chi connectivity index (χ3n) is 4.63. The Morgan fingerprint density at radius 2 is 1.78 bits per heavy atom. The van der Waals surface area contributed by atoms with Gasteiger partial charge in [-0.2, -0.15) is 0 Å². The highest BCUT2D eigenvalue weighted by Crippen LogP contribution is 2.33. The van der Waals surface area contributed by atoms with E-state index < -0.39 is 12.8 Å². The van der Waals surface area contributed by atoms with Crippen LogP contribution in [0.1, 0.15) is 13.8 Å². The molecule has 0 aliphatic heterocycles. The highest BCUT2D eigenvalue weighted by atomic mass is 19.1. The Morgan fingerprint density at radius 1 is 1.07 bits per heavy atom. The van der Waals surface area contributed by atoms with Gasteiger partial charge < -0.3 is 14.7 Å². The van der Waals surface area contributed by atoms with Crippen molar-refractivity contribution in [3.63, 3.8) is 0 Å². The number of ether oxygens (including phenoxy) is 1. The van der Waals surface area contributed by atoms with Gasteiger partial charge in [0.05, 0.1) is 12.1 Å². The molecule has 3 rings (SSSR count). The van der Waals surface area contributed by atoms with E-state index in [1.807, 2.05) is 42.5 Å². The van der Waals surface area contributed by atoms with Gasteiger partial charge >= 0.3 is 0 Å². The van der Waals surface area contributed by atoms with Crippen molar-refractivity contribution in [2.75, 3.05) is 31.3 Å². The number of hydrogen-bond acceptors (Lipinski definition) is 4. The van der Waals surface area contributed by atoms with Gasteiger partial charge in [-0.25, -0.2) is 9.37 Å². The average Bonchev–Trinajstić information content (AvgIpc) is 2.73. The van der Waals surface area contributed by atoms with E-state index in [-0.39, 0.29) is 6.61 Å². The number of aliphatic hydroxyl groups is 1. The van der Waals surface area contributed by atoms with Gasteiger partial charge in [0.2, 0.25) is 0 Å². The summed E-state index contributed by atoms with van der Waals surface area (Å²) >= 11 is 0. The lowest BCUT2D eigenvalue weighted by Crippen LogP contribution is -2.23. The van der Waals surface area contributed by atoms with Crippen molar-refractivity contribution in [1.82, 2.24) is 4.98 Å². The first-order valence-corrected chi connectivity index (χ1v) is 9.28. The van der Waals surface area contributed by atoms with E-state index in [9.17, 15) is 9.50 Å². The molecule has 2 aromatic carbocycles. The molecule has 5 heteroatoms. The zero-order valence-electron chi connectivity index (χ0n) is 15.7. The van der Waals surface area contributed by atoms with Crippen LogP contribution in [-0.2, 0) is 0 Å². The summed E-state index contributed by atoms with van der Waals surface area (Å²) in [4.78, 5) is 7.00. The Labute approximate surface area is 159 Å². The van der Waals surface area contributed by atoms with E-state index in [0.717, 1.165) is 35.2 Å². The molecule has 142 valence electrons. The van der Waals surface area contributed by atoms with E-state index in [2.05, 4.69) is 30.9 Å². The molecule has 0 aliphatic rings. The molecule has 1 N–H and O–H groups in total. The predicted octanol–water partition coefficient (Wildman–Crippen LogP) is 4.46. The Hall–Kier alpha value is -2.66. The normalized spacial score (nSPS) is 12.1. The SMILES string of the molecule is CCN(CC)c1ccc(-c2nc3ccccc3cc2OC(CO)CF)cc1. The molecule has 0 amide bonds. The summed E-state index contributed by atoms with van der Waals surface area (Å²) in [5.41, 5.74) is 3.52. The van der Waals surface area contributed by atoms with Gasteiger partial charge in [-0.05, 0) is 38.1 Å². The Kier molecular flexibility index (Phi) is 6.24. The quantitative estimate of drug-likeness (QED) is 0.638. The second-order valence-electron chi connectivity index (χ2n) is 6.32. The number of rotatable bonds is 8. The van der Waals surface area contributed by atoms with Gasteiger partial charge in [0, 0.05) is 29.7 Å². The molecule has 1 aromatic heterocycles. The lowest BCUT2D eigenvalue weighted by atomic mass is 10.1. The molecule has 4 nitrogen and oxygen atoms in total. The summed E-state index contributed by atoms with van der Waals surface area (Å²) in [6.07, 6.45) is -0.901. The molecule has 0 saturated heterocycles. The van der Waals surface area contributed by atoms with Crippen LogP contribution in [0.4, 0.5) is 10.1 Å². The number of aliphatic hydroxyl groups excluding tert-OH is 1. The lowest BCUT2D eigenvalue weighted by Gasteiger charge is -2.21. The first-order chi connectivity index (χ1) is 13.2. The highest BCUT2D eigenvalue weighted by molar-refractivity contribution is 5.85. The second kappa shape index (κ2) is 8.82. The van der Waals surface area contributed by atoms with Crippen LogP contribution in [-0.4, -0.2) is 42.6 Å². The Morgan fingerprint density at radius 3 is 2.41 bits per heavy atom. The fourth-order valence-electron chi connectivity index (χ4n) is 3.11. The number of fused-ring (bicyclic) bond motifs is 1. The van der Waals surface area contributed by atoms with Crippen LogP contribution in [0.15, 0.2) is 54.6 Å². The van der Waals surface area contributed by atoms with E-state index in [1.54, 1.807) is 0 Å². The number of anilines is 1. The van der Waals surface area contributed by atoms with E-state index in [4.69, 9.17) is 9.72 Å². The fraction of sp³-hybridized carbons (Fsp3) is 0.318. The largest absolute Gasteiger partial charge is 0.483 e. The van der Waals surface area contributed by atoms with Crippen molar-refractivity contribution < 1.29 is 14.2 Å².